The number of ether oxygens (including phenoxy) is 1. The Morgan fingerprint density at radius 1 is 1.91 bits per heavy atom. The molecule has 0 aliphatic carbocycles. The van der Waals surface area contributed by atoms with Crippen LogP contribution in [0.25, 0.3) is 5.53 Å². The van der Waals surface area contributed by atoms with Gasteiger partial charge in [-0.05, 0) is 12.2 Å². The molecule has 1 aliphatic rings. The van der Waals surface area contributed by atoms with E-state index in [1.165, 1.54) is 4.90 Å². The second-order valence-electron chi connectivity index (χ2n) is 1.85. The highest BCUT2D eigenvalue weighted by Crippen LogP contribution is 2.02. The summed E-state index contributed by atoms with van der Waals surface area (Å²) in [6, 6.07) is 0. The van der Waals surface area contributed by atoms with Gasteiger partial charge < -0.3 is 10.3 Å². The van der Waals surface area contributed by atoms with E-state index in [0.717, 1.165) is 6.21 Å². The van der Waals surface area contributed by atoms with E-state index >= 15 is 0 Å². The van der Waals surface area contributed by atoms with E-state index in [-0.39, 0.29) is 5.17 Å². The molecule has 1 saturated heterocycles. The summed E-state index contributed by atoms with van der Waals surface area (Å²) in [4.78, 5) is 14.7. The molecule has 1 amide bonds. The Morgan fingerprint density at radius 3 is 3.09 bits per heavy atom. The first kappa shape index (κ1) is 7.84. The summed E-state index contributed by atoms with van der Waals surface area (Å²) < 4.78 is 4.83. The quantitative estimate of drug-likeness (QED) is 0.230. The summed E-state index contributed by atoms with van der Waals surface area (Å²) in [5.41, 5.74) is 8.02. The molecule has 0 unspecified atom stereocenters. The van der Waals surface area contributed by atoms with Gasteiger partial charge in [-0.15, -0.1) is 0 Å². The molecule has 6 heteroatoms. The summed E-state index contributed by atoms with van der Waals surface area (Å²) in [5, 5.41) is 0.134. The Hall–Kier alpha value is -1.26. The summed E-state index contributed by atoms with van der Waals surface area (Å²) in [6.45, 7) is 0.827. The van der Waals surface area contributed by atoms with Crippen LogP contribution in [-0.4, -0.2) is 40.1 Å². The first-order valence-electron chi connectivity index (χ1n) is 2.91. The zero-order chi connectivity index (χ0) is 8.27. The largest absolute Gasteiger partial charge is 0.469 e. The van der Waals surface area contributed by atoms with Crippen molar-refractivity contribution in [1.29, 1.82) is 0 Å². The molecular weight excluding hydrogens is 166 g/mol. The molecule has 0 bridgehead atoms. The molecule has 58 valence electrons. The lowest BCUT2D eigenvalue weighted by Crippen LogP contribution is -2.32. The van der Waals surface area contributed by atoms with Gasteiger partial charge in [-0.3, -0.25) is 9.69 Å². The molecule has 0 radical (unpaired) electrons. The fraction of sp³-hybridized carbons (Fsp3) is 0.400. The van der Waals surface area contributed by atoms with E-state index in [4.69, 9.17) is 10.3 Å². The molecule has 0 aromatic rings. The third-order valence-electron chi connectivity index (χ3n) is 1.20. The Bertz CT molecular complexity index is 246. The fourth-order valence-electron chi connectivity index (χ4n) is 0.713. The highest BCUT2D eigenvalue weighted by Gasteiger charge is 2.25. The maximum Gasteiger partial charge on any atom is 0.345 e. The van der Waals surface area contributed by atoms with Gasteiger partial charge >= 0.3 is 12.1 Å². The average molecular weight is 171 g/mol. The van der Waals surface area contributed by atoms with Gasteiger partial charge in [0.1, 0.15) is 6.61 Å². The van der Waals surface area contributed by atoms with E-state index in [9.17, 15) is 4.79 Å². The number of nitrogens with zero attached hydrogens (tertiary/aromatic N) is 3. The highest BCUT2D eigenvalue weighted by atomic mass is 32.1. The number of hydrogen-bond donors (Lipinski definition) is 0. The first-order valence-corrected chi connectivity index (χ1v) is 3.32. The highest BCUT2D eigenvalue weighted by molar-refractivity contribution is 7.80. The van der Waals surface area contributed by atoms with Crippen molar-refractivity contribution in [3.8, 4) is 0 Å². The molecular formula is C5H5N3O2S. The van der Waals surface area contributed by atoms with E-state index in [1.54, 1.807) is 0 Å². The Morgan fingerprint density at radius 2 is 2.64 bits per heavy atom. The van der Waals surface area contributed by atoms with Crippen LogP contribution in [0.2, 0.25) is 0 Å². The molecule has 1 rings (SSSR count). The normalized spacial score (nSPS) is 15.6. The SMILES string of the molecule is [N-]=[N+]=CC(=O)N1CCOC1=S. The van der Waals surface area contributed by atoms with Crippen molar-refractivity contribution in [2.75, 3.05) is 13.2 Å². The maximum atomic E-state index is 10.9. The summed E-state index contributed by atoms with van der Waals surface area (Å²) in [5.74, 6) is -0.463. The molecule has 0 spiro atoms. The van der Waals surface area contributed by atoms with Crippen LogP contribution in [0.3, 0.4) is 0 Å². The van der Waals surface area contributed by atoms with Crippen LogP contribution in [-0.2, 0) is 9.53 Å². The molecule has 0 N–H and O–H groups in total. The van der Waals surface area contributed by atoms with Gasteiger partial charge in [0, 0.05) is 0 Å². The minimum atomic E-state index is -0.463. The molecule has 0 saturated carbocycles. The van der Waals surface area contributed by atoms with Crippen molar-refractivity contribution >= 4 is 29.5 Å². The Labute approximate surface area is 68.2 Å². The summed E-state index contributed by atoms with van der Waals surface area (Å²) in [6.07, 6.45) is 0.779. The number of carbonyl (C=O) groups is 1. The minimum Gasteiger partial charge on any atom is -0.469 e. The van der Waals surface area contributed by atoms with Gasteiger partial charge in [0.25, 0.3) is 5.17 Å². The number of carbonyl (C=O) groups excluding carboxylic acids is 1. The zero-order valence-electron chi connectivity index (χ0n) is 5.56. The number of rotatable bonds is 1. The molecule has 0 aromatic heterocycles. The van der Waals surface area contributed by atoms with Crippen molar-refractivity contribution in [3.63, 3.8) is 0 Å². The van der Waals surface area contributed by atoms with Crippen LogP contribution in [0.4, 0.5) is 0 Å². The summed E-state index contributed by atoms with van der Waals surface area (Å²) >= 11 is 4.67. The van der Waals surface area contributed by atoms with Gasteiger partial charge in [-0.25, -0.2) is 0 Å². The molecule has 1 fully saturated rings. The Balaban J connectivity index is 2.67. The molecule has 1 heterocycles. The maximum absolute atomic E-state index is 10.9. The number of hydrogen-bond acceptors (Lipinski definition) is 3. The lowest BCUT2D eigenvalue weighted by Gasteiger charge is -2.05. The zero-order valence-corrected chi connectivity index (χ0v) is 6.37. The lowest BCUT2D eigenvalue weighted by molar-refractivity contribution is -0.123. The average Bonchev–Trinajstić information content (AvgIpc) is 2.36. The molecule has 0 atom stereocenters. The molecule has 5 nitrogen and oxygen atoms in total. The topological polar surface area (TPSA) is 65.9 Å². The molecule has 1 aliphatic heterocycles. The predicted molar refractivity (Wildman–Crippen MR) is 39.9 cm³/mol. The van der Waals surface area contributed by atoms with Crippen LogP contribution < -0.4 is 0 Å². The van der Waals surface area contributed by atoms with Crippen LogP contribution >= 0.6 is 12.2 Å². The smallest absolute Gasteiger partial charge is 0.345 e. The molecule has 0 aromatic carbocycles. The number of amides is 1. The van der Waals surface area contributed by atoms with Gasteiger partial charge in [0.15, 0.2) is 0 Å². The monoisotopic (exact) mass is 171 g/mol. The van der Waals surface area contributed by atoms with Crippen molar-refractivity contribution in [3.05, 3.63) is 5.53 Å². The second-order valence-corrected chi connectivity index (χ2v) is 2.20. The van der Waals surface area contributed by atoms with Crippen molar-refractivity contribution in [2.45, 2.75) is 0 Å². The standard InChI is InChI=1S/C5H5N3O2S/c6-7-3-4(9)8-1-2-10-5(8)11/h3H,1-2H2. The van der Waals surface area contributed by atoms with Crippen molar-refractivity contribution < 1.29 is 14.3 Å². The van der Waals surface area contributed by atoms with E-state index in [1.807, 2.05) is 0 Å². The third kappa shape index (κ3) is 1.60. The minimum absolute atomic E-state index is 0.134. The van der Waals surface area contributed by atoms with Crippen LogP contribution in [0.5, 0.6) is 0 Å². The fourth-order valence-corrected chi connectivity index (χ4v) is 0.977. The molecule has 11 heavy (non-hydrogen) atoms. The van der Waals surface area contributed by atoms with Crippen LogP contribution in [0.1, 0.15) is 0 Å². The van der Waals surface area contributed by atoms with Gasteiger partial charge in [-0.1, -0.05) is 0 Å². The van der Waals surface area contributed by atoms with Crippen LogP contribution in [0, 0.1) is 0 Å². The number of thiocarbonyl (C=S) groups is 1. The third-order valence-corrected chi connectivity index (χ3v) is 1.53. The van der Waals surface area contributed by atoms with Gasteiger partial charge in [0.2, 0.25) is 0 Å². The van der Waals surface area contributed by atoms with Gasteiger partial charge in [0.05, 0.1) is 6.54 Å². The van der Waals surface area contributed by atoms with E-state index < -0.39 is 5.91 Å². The van der Waals surface area contributed by atoms with E-state index in [0.29, 0.717) is 13.2 Å². The van der Waals surface area contributed by atoms with E-state index in [2.05, 4.69) is 17.0 Å². The second kappa shape index (κ2) is 3.23. The van der Waals surface area contributed by atoms with Crippen molar-refractivity contribution in [1.82, 2.24) is 4.90 Å². The lowest BCUT2D eigenvalue weighted by atomic mass is 10.5. The predicted octanol–water partition coefficient (Wildman–Crippen LogP) is -0.569. The van der Waals surface area contributed by atoms with Crippen molar-refractivity contribution in [2.24, 2.45) is 0 Å². The first-order chi connectivity index (χ1) is 5.25. The summed E-state index contributed by atoms with van der Waals surface area (Å²) in [7, 11) is 0. The van der Waals surface area contributed by atoms with Gasteiger partial charge in [-0.2, -0.15) is 4.79 Å². The Kier molecular flexibility index (Phi) is 2.30. The van der Waals surface area contributed by atoms with Crippen LogP contribution in [0.15, 0.2) is 0 Å².